The van der Waals surface area contributed by atoms with E-state index in [-0.39, 0.29) is 5.56 Å². The molecule has 0 bridgehead atoms. The molecular formula is C21H25N3OS2. The number of fused-ring (bicyclic) bond motifs is 1. The van der Waals surface area contributed by atoms with Crippen LogP contribution in [0.3, 0.4) is 0 Å². The third-order valence-electron chi connectivity index (χ3n) is 4.49. The third-order valence-corrected chi connectivity index (χ3v) is 5.75. The second-order valence-corrected chi connectivity index (χ2v) is 8.25. The van der Waals surface area contributed by atoms with Crippen molar-refractivity contribution in [3.63, 3.8) is 0 Å². The summed E-state index contributed by atoms with van der Waals surface area (Å²) in [5, 5.41) is 7.12. The maximum absolute atomic E-state index is 12.7. The summed E-state index contributed by atoms with van der Waals surface area (Å²) in [7, 11) is 0. The van der Waals surface area contributed by atoms with E-state index in [4.69, 9.17) is 12.2 Å². The van der Waals surface area contributed by atoms with Gasteiger partial charge in [-0.15, -0.1) is 11.3 Å². The van der Waals surface area contributed by atoms with Gasteiger partial charge in [0.25, 0.3) is 5.56 Å². The van der Waals surface area contributed by atoms with Crippen molar-refractivity contribution in [1.29, 1.82) is 0 Å². The zero-order valence-electron chi connectivity index (χ0n) is 16.0. The Morgan fingerprint density at radius 2 is 2.07 bits per heavy atom. The molecule has 0 fully saturated rings. The van der Waals surface area contributed by atoms with Crippen LogP contribution in [0.25, 0.3) is 10.9 Å². The van der Waals surface area contributed by atoms with E-state index < -0.39 is 0 Å². The van der Waals surface area contributed by atoms with Crippen LogP contribution in [-0.2, 0) is 13.1 Å². The molecule has 0 aliphatic carbocycles. The number of hydrogen-bond acceptors (Lipinski definition) is 3. The highest BCUT2D eigenvalue weighted by atomic mass is 32.1. The minimum atomic E-state index is -0.0537. The van der Waals surface area contributed by atoms with Crippen LogP contribution in [0, 0.1) is 13.8 Å². The molecule has 0 spiro atoms. The highest BCUT2D eigenvalue weighted by Crippen LogP contribution is 2.20. The van der Waals surface area contributed by atoms with E-state index in [2.05, 4.69) is 46.6 Å². The number of hydrogen-bond donors (Lipinski definition) is 2. The lowest BCUT2D eigenvalue weighted by Gasteiger charge is -2.25. The van der Waals surface area contributed by atoms with Crippen molar-refractivity contribution in [2.24, 2.45) is 0 Å². The number of aromatic amines is 1. The highest BCUT2D eigenvalue weighted by molar-refractivity contribution is 7.80. The first-order chi connectivity index (χ1) is 13.0. The molecule has 3 rings (SSSR count). The van der Waals surface area contributed by atoms with Crippen LogP contribution in [0.4, 0.5) is 0 Å². The molecule has 0 aliphatic heterocycles. The third kappa shape index (κ3) is 4.76. The minimum Gasteiger partial charge on any atom is -0.363 e. The maximum atomic E-state index is 12.7. The largest absolute Gasteiger partial charge is 0.363 e. The molecule has 0 saturated carbocycles. The fraction of sp³-hybridized carbons (Fsp3) is 0.333. The van der Waals surface area contributed by atoms with Crippen LogP contribution >= 0.6 is 23.6 Å². The molecule has 0 atom stereocenters. The second kappa shape index (κ2) is 8.67. The minimum absolute atomic E-state index is 0.0537. The Bertz CT molecular complexity index is 993. The van der Waals surface area contributed by atoms with Crippen molar-refractivity contribution in [2.75, 3.05) is 6.54 Å². The van der Waals surface area contributed by atoms with E-state index in [0.29, 0.717) is 18.2 Å². The van der Waals surface area contributed by atoms with Gasteiger partial charge in [-0.2, -0.15) is 0 Å². The Morgan fingerprint density at radius 1 is 1.26 bits per heavy atom. The predicted molar refractivity (Wildman–Crippen MR) is 119 cm³/mol. The van der Waals surface area contributed by atoms with Gasteiger partial charge in [-0.05, 0) is 67.2 Å². The number of thiophene rings is 1. The molecule has 27 heavy (non-hydrogen) atoms. The Balaban J connectivity index is 1.93. The normalized spacial score (nSPS) is 10.9. The van der Waals surface area contributed by atoms with Crippen LogP contribution in [0.2, 0.25) is 0 Å². The standard InChI is InChI=1S/C21H25N3OS2/c1-4-7-22-21(26)24(13-17-6-5-8-27-17)12-16-11-18-15(3)9-14(2)10-19(18)23-20(16)25/h5-6,8-11H,4,7,12-13H2,1-3H3,(H,22,26)(H,23,25). The molecule has 0 aliphatic rings. The summed E-state index contributed by atoms with van der Waals surface area (Å²) in [6.45, 7) is 8.22. The van der Waals surface area contributed by atoms with Crippen molar-refractivity contribution >= 4 is 39.6 Å². The number of nitrogens with zero attached hydrogens (tertiary/aromatic N) is 1. The summed E-state index contributed by atoms with van der Waals surface area (Å²) in [5.41, 5.74) is 3.87. The molecule has 0 amide bonds. The van der Waals surface area contributed by atoms with E-state index in [1.807, 2.05) is 25.1 Å². The first-order valence-electron chi connectivity index (χ1n) is 9.16. The van der Waals surface area contributed by atoms with Gasteiger partial charge >= 0.3 is 0 Å². The van der Waals surface area contributed by atoms with E-state index >= 15 is 0 Å². The molecule has 142 valence electrons. The van der Waals surface area contributed by atoms with Gasteiger partial charge in [0.1, 0.15) is 0 Å². The highest BCUT2D eigenvalue weighted by Gasteiger charge is 2.15. The molecule has 0 unspecified atom stereocenters. The monoisotopic (exact) mass is 399 g/mol. The Morgan fingerprint density at radius 3 is 2.78 bits per heavy atom. The summed E-state index contributed by atoms with van der Waals surface area (Å²) in [6, 6.07) is 10.3. The van der Waals surface area contributed by atoms with E-state index in [0.717, 1.165) is 35.0 Å². The second-order valence-electron chi connectivity index (χ2n) is 6.83. The lowest BCUT2D eigenvalue weighted by molar-refractivity contribution is 0.401. The fourth-order valence-corrected chi connectivity index (χ4v) is 4.12. The quantitative estimate of drug-likeness (QED) is 0.600. The molecule has 2 heterocycles. The molecule has 1 aromatic carbocycles. The summed E-state index contributed by atoms with van der Waals surface area (Å²) in [4.78, 5) is 19.0. The van der Waals surface area contributed by atoms with E-state index in [9.17, 15) is 4.79 Å². The number of pyridine rings is 1. The van der Waals surface area contributed by atoms with Crippen LogP contribution in [0.1, 0.15) is 34.9 Å². The molecular weight excluding hydrogens is 374 g/mol. The summed E-state index contributed by atoms with van der Waals surface area (Å²) >= 11 is 7.30. The maximum Gasteiger partial charge on any atom is 0.253 e. The summed E-state index contributed by atoms with van der Waals surface area (Å²) < 4.78 is 0. The van der Waals surface area contributed by atoms with E-state index in [1.54, 1.807) is 11.3 Å². The number of thiocarbonyl (C=S) groups is 1. The first-order valence-corrected chi connectivity index (χ1v) is 10.4. The van der Waals surface area contributed by atoms with Crippen molar-refractivity contribution < 1.29 is 0 Å². The van der Waals surface area contributed by atoms with Gasteiger partial charge in [0.2, 0.25) is 0 Å². The molecule has 6 heteroatoms. The molecule has 4 nitrogen and oxygen atoms in total. The summed E-state index contributed by atoms with van der Waals surface area (Å²) in [6.07, 6.45) is 1.00. The van der Waals surface area contributed by atoms with Crippen molar-refractivity contribution in [2.45, 2.75) is 40.3 Å². The van der Waals surface area contributed by atoms with Gasteiger partial charge in [-0.1, -0.05) is 19.1 Å². The predicted octanol–water partition coefficient (Wildman–Crippen LogP) is 4.49. The van der Waals surface area contributed by atoms with Crippen LogP contribution in [0.15, 0.2) is 40.5 Å². The van der Waals surface area contributed by atoms with Gasteiger partial charge in [0.15, 0.2) is 5.11 Å². The van der Waals surface area contributed by atoms with Crippen LogP contribution in [0.5, 0.6) is 0 Å². The Hall–Kier alpha value is -2.18. The lowest BCUT2D eigenvalue weighted by Crippen LogP contribution is -2.40. The van der Waals surface area contributed by atoms with Gasteiger partial charge in [0, 0.05) is 27.9 Å². The Kier molecular flexibility index (Phi) is 6.29. The fourth-order valence-electron chi connectivity index (χ4n) is 3.17. The first kappa shape index (κ1) is 19.6. The van der Waals surface area contributed by atoms with Crippen molar-refractivity contribution in [1.82, 2.24) is 15.2 Å². The molecule has 0 radical (unpaired) electrons. The van der Waals surface area contributed by atoms with Gasteiger partial charge in [-0.3, -0.25) is 4.79 Å². The van der Waals surface area contributed by atoms with Crippen molar-refractivity contribution in [3.8, 4) is 0 Å². The molecule has 2 aromatic heterocycles. The van der Waals surface area contributed by atoms with Gasteiger partial charge in [0.05, 0.1) is 13.1 Å². The number of H-pyrrole nitrogens is 1. The SMILES string of the molecule is CCCNC(=S)N(Cc1cccs1)Cc1cc2c(C)cc(C)cc2[nH]c1=O. The van der Waals surface area contributed by atoms with E-state index in [1.165, 1.54) is 10.4 Å². The summed E-state index contributed by atoms with van der Waals surface area (Å²) in [5.74, 6) is 0. The lowest BCUT2D eigenvalue weighted by atomic mass is 10.0. The number of aromatic nitrogens is 1. The smallest absolute Gasteiger partial charge is 0.253 e. The molecule has 2 N–H and O–H groups in total. The number of nitrogens with one attached hydrogen (secondary N) is 2. The van der Waals surface area contributed by atoms with Crippen molar-refractivity contribution in [3.05, 3.63) is 67.6 Å². The average Bonchev–Trinajstić information content (AvgIpc) is 3.13. The number of benzene rings is 1. The number of rotatable bonds is 6. The van der Waals surface area contributed by atoms with Gasteiger partial charge in [-0.25, -0.2) is 0 Å². The van der Waals surface area contributed by atoms with Gasteiger partial charge < -0.3 is 15.2 Å². The average molecular weight is 400 g/mol. The zero-order chi connectivity index (χ0) is 19.4. The topological polar surface area (TPSA) is 48.1 Å². The zero-order valence-corrected chi connectivity index (χ0v) is 17.6. The molecule has 0 saturated heterocycles. The Labute approximate surface area is 169 Å². The van der Waals surface area contributed by atoms with Crippen LogP contribution < -0.4 is 10.9 Å². The molecule has 3 aromatic rings. The number of aryl methyl sites for hydroxylation is 2. The van der Waals surface area contributed by atoms with Crippen LogP contribution in [-0.4, -0.2) is 21.5 Å².